The van der Waals surface area contributed by atoms with Crippen molar-refractivity contribution in [2.75, 3.05) is 19.6 Å². The highest BCUT2D eigenvalue weighted by Gasteiger charge is 2.18. The van der Waals surface area contributed by atoms with Crippen molar-refractivity contribution < 1.29 is 4.79 Å². The standard InChI is InChI=1S/C15H23N3O/c16-15(19)6-9-17-14-7-10-18(11-8-14)12-13-4-2-1-3-5-13/h1-5,14,17H,6-12H2,(H2,16,19). The second kappa shape index (κ2) is 7.26. The summed E-state index contributed by atoms with van der Waals surface area (Å²) in [7, 11) is 0. The third kappa shape index (κ3) is 5.01. The molecule has 0 unspecified atom stereocenters. The van der Waals surface area contributed by atoms with Crippen LogP contribution in [0.2, 0.25) is 0 Å². The number of piperidine rings is 1. The quantitative estimate of drug-likeness (QED) is 0.806. The Hall–Kier alpha value is -1.39. The molecule has 19 heavy (non-hydrogen) atoms. The first-order valence-electron chi connectivity index (χ1n) is 7.02. The molecule has 0 aliphatic carbocycles. The van der Waals surface area contributed by atoms with E-state index < -0.39 is 0 Å². The van der Waals surface area contributed by atoms with Crippen molar-refractivity contribution in [1.29, 1.82) is 0 Å². The van der Waals surface area contributed by atoms with Gasteiger partial charge in [0.1, 0.15) is 0 Å². The van der Waals surface area contributed by atoms with E-state index in [4.69, 9.17) is 5.73 Å². The van der Waals surface area contributed by atoms with Crippen molar-refractivity contribution in [3.05, 3.63) is 35.9 Å². The molecule has 0 spiro atoms. The van der Waals surface area contributed by atoms with Crippen LogP contribution >= 0.6 is 0 Å². The van der Waals surface area contributed by atoms with Crippen LogP contribution < -0.4 is 11.1 Å². The fraction of sp³-hybridized carbons (Fsp3) is 0.533. The number of nitrogens with two attached hydrogens (primary N) is 1. The van der Waals surface area contributed by atoms with E-state index in [0.717, 1.165) is 32.5 Å². The van der Waals surface area contributed by atoms with Crippen molar-refractivity contribution in [3.8, 4) is 0 Å². The van der Waals surface area contributed by atoms with E-state index >= 15 is 0 Å². The third-order valence-corrected chi connectivity index (χ3v) is 3.64. The van der Waals surface area contributed by atoms with E-state index in [1.165, 1.54) is 5.56 Å². The Morgan fingerprint density at radius 1 is 1.26 bits per heavy atom. The lowest BCUT2D eigenvalue weighted by molar-refractivity contribution is -0.117. The summed E-state index contributed by atoms with van der Waals surface area (Å²) in [6.45, 7) is 3.97. The van der Waals surface area contributed by atoms with Gasteiger partial charge >= 0.3 is 0 Å². The second-order valence-corrected chi connectivity index (χ2v) is 5.21. The Bertz CT molecular complexity index is 386. The number of carbonyl (C=O) groups is 1. The molecule has 104 valence electrons. The van der Waals surface area contributed by atoms with Crippen LogP contribution in [0.1, 0.15) is 24.8 Å². The molecule has 0 saturated carbocycles. The lowest BCUT2D eigenvalue weighted by atomic mass is 10.0. The van der Waals surface area contributed by atoms with Crippen LogP contribution in [0.4, 0.5) is 0 Å². The normalized spacial score (nSPS) is 17.5. The Balaban J connectivity index is 1.66. The largest absolute Gasteiger partial charge is 0.370 e. The lowest BCUT2D eigenvalue weighted by Gasteiger charge is -2.32. The average molecular weight is 261 g/mol. The molecule has 1 aromatic carbocycles. The third-order valence-electron chi connectivity index (χ3n) is 3.64. The van der Waals surface area contributed by atoms with E-state index in [9.17, 15) is 4.79 Å². The molecule has 0 atom stereocenters. The van der Waals surface area contributed by atoms with Gasteiger partial charge in [-0.2, -0.15) is 0 Å². The molecule has 1 fully saturated rings. The highest BCUT2D eigenvalue weighted by molar-refractivity contribution is 5.73. The van der Waals surface area contributed by atoms with Crippen molar-refractivity contribution in [2.24, 2.45) is 5.73 Å². The van der Waals surface area contributed by atoms with Gasteiger partial charge in [-0.05, 0) is 31.5 Å². The number of nitrogens with zero attached hydrogens (tertiary/aromatic N) is 1. The monoisotopic (exact) mass is 261 g/mol. The van der Waals surface area contributed by atoms with Gasteiger partial charge in [0.25, 0.3) is 0 Å². The molecule has 1 heterocycles. The lowest BCUT2D eigenvalue weighted by Crippen LogP contribution is -2.42. The maximum Gasteiger partial charge on any atom is 0.218 e. The summed E-state index contributed by atoms with van der Waals surface area (Å²) in [4.78, 5) is 13.2. The summed E-state index contributed by atoms with van der Waals surface area (Å²) >= 11 is 0. The van der Waals surface area contributed by atoms with Crippen LogP contribution in [0.5, 0.6) is 0 Å². The highest BCUT2D eigenvalue weighted by Crippen LogP contribution is 2.13. The Morgan fingerprint density at radius 2 is 1.95 bits per heavy atom. The smallest absolute Gasteiger partial charge is 0.218 e. The second-order valence-electron chi connectivity index (χ2n) is 5.21. The van der Waals surface area contributed by atoms with Crippen molar-refractivity contribution >= 4 is 5.91 Å². The molecular weight excluding hydrogens is 238 g/mol. The van der Waals surface area contributed by atoms with Crippen LogP contribution in [0.15, 0.2) is 30.3 Å². The molecule has 0 bridgehead atoms. The number of hydrogen-bond acceptors (Lipinski definition) is 3. The summed E-state index contributed by atoms with van der Waals surface area (Å²) in [6.07, 6.45) is 2.72. The first kappa shape index (κ1) is 14.0. The molecule has 1 saturated heterocycles. The molecule has 4 nitrogen and oxygen atoms in total. The molecule has 1 aliphatic heterocycles. The summed E-state index contributed by atoms with van der Waals surface area (Å²) in [5, 5.41) is 3.41. The number of likely N-dealkylation sites (tertiary alicyclic amines) is 1. The SMILES string of the molecule is NC(=O)CCNC1CCN(Cc2ccccc2)CC1. The Morgan fingerprint density at radius 3 is 2.58 bits per heavy atom. The number of carbonyl (C=O) groups excluding carboxylic acids is 1. The molecule has 4 heteroatoms. The van der Waals surface area contributed by atoms with Gasteiger partial charge < -0.3 is 11.1 Å². The van der Waals surface area contributed by atoms with Gasteiger partial charge in [-0.15, -0.1) is 0 Å². The van der Waals surface area contributed by atoms with Crippen LogP contribution in [0.25, 0.3) is 0 Å². The number of rotatable bonds is 6. The minimum absolute atomic E-state index is 0.228. The minimum atomic E-state index is -0.228. The molecule has 0 radical (unpaired) electrons. The van der Waals surface area contributed by atoms with Gasteiger partial charge in [-0.25, -0.2) is 0 Å². The van der Waals surface area contributed by atoms with E-state index in [1.807, 2.05) is 0 Å². The van der Waals surface area contributed by atoms with Crippen molar-refractivity contribution in [3.63, 3.8) is 0 Å². The summed E-state index contributed by atoms with van der Waals surface area (Å²) in [6, 6.07) is 11.1. The summed E-state index contributed by atoms with van der Waals surface area (Å²) in [5.74, 6) is -0.228. The zero-order valence-electron chi connectivity index (χ0n) is 11.3. The van der Waals surface area contributed by atoms with E-state index in [1.54, 1.807) is 0 Å². The molecular formula is C15H23N3O. The molecule has 2 rings (SSSR count). The molecule has 3 N–H and O–H groups in total. The Kier molecular flexibility index (Phi) is 5.36. The average Bonchev–Trinajstić information content (AvgIpc) is 2.42. The fourth-order valence-corrected chi connectivity index (χ4v) is 2.54. The molecule has 1 amide bonds. The maximum atomic E-state index is 10.7. The predicted molar refractivity (Wildman–Crippen MR) is 76.6 cm³/mol. The zero-order valence-corrected chi connectivity index (χ0v) is 11.3. The number of primary amides is 1. The summed E-state index contributed by atoms with van der Waals surface area (Å²) < 4.78 is 0. The van der Waals surface area contributed by atoms with Crippen molar-refractivity contribution in [1.82, 2.24) is 10.2 Å². The maximum absolute atomic E-state index is 10.7. The zero-order chi connectivity index (χ0) is 13.5. The van der Waals surface area contributed by atoms with Gasteiger partial charge in [0.05, 0.1) is 0 Å². The first-order chi connectivity index (χ1) is 9.24. The van der Waals surface area contributed by atoms with Gasteiger partial charge in [-0.1, -0.05) is 30.3 Å². The number of hydrogen-bond donors (Lipinski definition) is 2. The topological polar surface area (TPSA) is 58.4 Å². The van der Waals surface area contributed by atoms with E-state index in [-0.39, 0.29) is 5.91 Å². The fourth-order valence-electron chi connectivity index (χ4n) is 2.54. The van der Waals surface area contributed by atoms with Crippen LogP contribution in [0.3, 0.4) is 0 Å². The van der Waals surface area contributed by atoms with Crippen LogP contribution in [-0.2, 0) is 11.3 Å². The van der Waals surface area contributed by atoms with Gasteiger partial charge in [0, 0.05) is 25.6 Å². The van der Waals surface area contributed by atoms with Crippen LogP contribution in [-0.4, -0.2) is 36.5 Å². The molecule has 1 aromatic rings. The molecule has 1 aliphatic rings. The predicted octanol–water partition coefficient (Wildman–Crippen LogP) is 1.12. The number of benzene rings is 1. The molecule has 0 aromatic heterocycles. The van der Waals surface area contributed by atoms with E-state index in [2.05, 4.69) is 40.5 Å². The van der Waals surface area contributed by atoms with Gasteiger partial charge in [0.15, 0.2) is 0 Å². The number of nitrogens with one attached hydrogen (secondary N) is 1. The highest BCUT2D eigenvalue weighted by atomic mass is 16.1. The van der Waals surface area contributed by atoms with Crippen molar-refractivity contribution in [2.45, 2.75) is 31.8 Å². The summed E-state index contributed by atoms with van der Waals surface area (Å²) in [5.41, 5.74) is 6.51. The Labute approximate surface area is 115 Å². The van der Waals surface area contributed by atoms with Gasteiger partial charge in [-0.3, -0.25) is 9.69 Å². The number of amides is 1. The first-order valence-corrected chi connectivity index (χ1v) is 7.02. The van der Waals surface area contributed by atoms with E-state index in [0.29, 0.717) is 19.0 Å². The van der Waals surface area contributed by atoms with Gasteiger partial charge in [0.2, 0.25) is 5.91 Å². The van der Waals surface area contributed by atoms with Crippen LogP contribution in [0, 0.1) is 0 Å². The minimum Gasteiger partial charge on any atom is -0.370 e.